The van der Waals surface area contributed by atoms with E-state index in [1.807, 2.05) is 0 Å². The van der Waals surface area contributed by atoms with Gasteiger partial charge in [-0.15, -0.1) is 11.6 Å². The van der Waals surface area contributed by atoms with Gasteiger partial charge >= 0.3 is 0 Å². The normalized spacial score (nSPS) is 10.8. The molecule has 0 unspecified atom stereocenters. The van der Waals surface area contributed by atoms with Crippen LogP contribution in [0.2, 0.25) is 0 Å². The Hall–Kier alpha value is -1.15. The maximum absolute atomic E-state index is 9.08. The number of hydrogen-bond donors (Lipinski definition) is 2. The van der Waals surface area contributed by atoms with Gasteiger partial charge in [0.05, 0.1) is 0 Å². The third kappa shape index (κ3) is 2.17. The molecule has 0 aliphatic carbocycles. The molecule has 1 aromatic rings. The van der Waals surface area contributed by atoms with E-state index in [4.69, 9.17) is 21.8 Å². The van der Waals surface area contributed by atoms with Gasteiger partial charge in [-0.05, 0) is 17.7 Å². The average Bonchev–Trinajstić information content (AvgIpc) is 2.07. The van der Waals surface area contributed by atoms with Gasteiger partial charge in [0.1, 0.15) is 0 Å². The fraction of sp³-hybridized carbons (Fsp3) is 0.111. The number of aromatic hydroxyl groups is 2. The molecular formula is C9H9ClO2. The maximum Gasteiger partial charge on any atom is 0.157 e. The second kappa shape index (κ2) is 4.02. The van der Waals surface area contributed by atoms with Crippen molar-refractivity contribution in [3.8, 4) is 11.5 Å². The standard InChI is InChI=1S/C9H9ClO2/c10-5-1-2-7-3-4-8(11)9(12)6-7/h1-4,6,11-12H,5H2/b2-1+. The topological polar surface area (TPSA) is 40.5 Å². The summed E-state index contributed by atoms with van der Waals surface area (Å²) >= 11 is 5.42. The quantitative estimate of drug-likeness (QED) is 0.547. The molecule has 1 rings (SSSR count). The van der Waals surface area contributed by atoms with Gasteiger partial charge in [-0.3, -0.25) is 0 Å². The molecule has 0 aliphatic rings. The average molecular weight is 185 g/mol. The van der Waals surface area contributed by atoms with Crippen LogP contribution in [-0.2, 0) is 0 Å². The minimum atomic E-state index is -0.119. The van der Waals surface area contributed by atoms with Gasteiger partial charge < -0.3 is 10.2 Å². The molecule has 0 fully saturated rings. The van der Waals surface area contributed by atoms with Crippen molar-refractivity contribution in [1.29, 1.82) is 0 Å². The second-order valence-corrected chi connectivity index (χ2v) is 2.61. The van der Waals surface area contributed by atoms with Gasteiger partial charge in [-0.25, -0.2) is 0 Å². The number of hydrogen-bond acceptors (Lipinski definition) is 2. The van der Waals surface area contributed by atoms with Crippen LogP contribution in [0.15, 0.2) is 24.3 Å². The first-order chi connectivity index (χ1) is 5.74. The van der Waals surface area contributed by atoms with Crippen LogP contribution in [0.5, 0.6) is 11.5 Å². The van der Waals surface area contributed by atoms with Crippen molar-refractivity contribution in [3.05, 3.63) is 29.8 Å². The Labute approximate surface area is 75.7 Å². The zero-order valence-electron chi connectivity index (χ0n) is 6.37. The molecule has 0 atom stereocenters. The predicted molar refractivity (Wildman–Crippen MR) is 49.5 cm³/mol. The maximum atomic E-state index is 9.08. The fourth-order valence-corrected chi connectivity index (χ4v) is 0.914. The fourth-order valence-electron chi connectivity index (χ4n) is 0.825. The Kier molecular flexibility index (Phi) is 3.00. The van der Waals surface area contributed by atoms with Crippen LogP contribution in [0.4, 0.5) is 0 Å². The van der Waals surface area contributed by atoms with Crippen LogP contribution in [0.3, 0.4) is 0 Å². The number of rotatable bonds is 2. The van der Waals surface area contributed by atoms with E-state index in [1.165, 1.54) is 12.1 Å². The van der Waals surface area contributed by atoms with Crippen molar-refractivity contribution in [2.75, 3.05) is 5.88 Å². The number of alkyl halides is 1. The van der Waals surface area contributed by atoms with Crippen LogP contribution in [-0.4, -0.2) is 16.1 Å². The molecule has 0 bridgehead atoms. The van der Waals surface area contributed by atoms with Gasteiger partial charge in [0, 0.05) is 5.88 Å². The van der Waals surface area contributed by atoms with Crippen molar-refractivity contribution >= 4 is 17.7 Å². The van der Waals surface area contributed by atoms with E-state index in [0.29, 0.717) is 5.88 Å². The summed E-state index contributed by atoms with van der Waals surface area (Å²) in [5.41, 5.74) is 0.811. The molecule has 64 valence electrons. The summed E-state index contributed by atoms with van der Waals surface area (Å²) in [6.45, 7) is 0. The summed E-state index contributed by atoms with van der Waals surface area (Å²) in [4.78, 5) is 0. The van der Waals surface area contributed by atoms with Crippen molar-refractivity contribution in [2.45, 2.75) is 0 Å². The van der Waals surface area contributed by atoms with Crippen LogP contribution < -0.4 is 0 Å². The van der Waals surface area contributed by atoms with Gasteiger partial charge in [0.25, 0.3) is 0 Å². The van der Waals surface area contributed by atoms with Crippen LogP contribution >= 0.6 is 11.6 Å². The minimum absolute atomic E-state index is 0.113. The molecule has 0 saturated heterocycles. The molecular weight excluding hydrogens is 176 g/mol. The van der Waals surface area contributed by atoms with Crippen molar-refractivity contribution in [2.24, 2.45) is 0 Å². The third-order valence-corrected chi connectivity index (χ3v) is 1.58. The summed E-state index contributed by atoms with van der Waals surface area (Å²) in [5, 5.41) is 18.1. The van der Waals surface area contributed by atoms with Crippen LogP contribution in [0.1, 0.15) is 5.56 Å². The SMILES string of the molecule is Oc1ccc(/C=C/CCl)cc1O. The van der Waals surface area contributed by atoms with E-state index in [2.05, 4.69) is 0 Å². The summed E-state index contributed by atoms with van der Waals surface area (Å²) in [5.74, 6) is 0.200. The van der Waals surface area contributed by atoms with Gasteiger partial charge in [0.2, 0.25) is 0 Å². The Bertz CT molecular complexity index is 295. The summed E-state index contributed by atoms with van der Waals surface area (Å²) in [7, 11) is 0. The van der Waals surface area contributed by atoms with E-state index in [-0.39, 0.29) is 11.5 Å². The van der Waals surface area contributed by atoms with Crippen LogP contribution in [0.25, 0.3) is 6.08 Å². The smallest absolute Gasteiger partial charge is 0.157 e. The van der Waals surface area contributed by atoms with E-state index in [0.717, 1.165) is 5.56 Å². The molecule has 0 radical (unpaired) electrons. The molecule has 12 heavy (non-hydrogen) atoms. The number of phenols is 2. The van der Waals surface area contributed by atoms with Gasteiger partial charge in [-0.1, -0.05) is 18.2 Å². The van der Waals surface area contributed by atoms with Crippen LogP contribution in [0, 0.1) is 0 Å². The molecule has 0 amide bonds. The van der Waals surface area contributed by atoms with Crippen molar-refractivity contribution in [3.63, 3.8) is 0 Å². The Morgan fingerprint density at radius 3 is 2.58 bits per heavy atom. The lowest BCUT2D eigenvalue weighted by Gasteiger charge is -1.97. The lowest BCUT2D eigenvalue weighted by atomic mass is 10.2. The Morgan fingerprint density at radius 2 is 2.00 bits per heavy atom. The molecule has 0 saturated carbocycles. The zero-order chi connectivity index (χ0) is 8.97. The molecule has 1 aromatic carbocycles. The Balaban J connectivity index is 2.89. The first-order valence-electron chi connectivity index (χ1n) is 3.48. The van der Waals surface area contributed by atoms with E-state index < -0.39 is 0 Å². The lowest BCUT2D eigenvalue weighted by Crippen LogP contribution is -1.73. The monoisotopic (exact) mass is 184 g/mol. The van der Waals surface area contributed by atoms with Gasteiger partial charge in [-0.2, -0.15) is 0 Å². The molecule has 2 N–H and O–H groups in total. The van der Waals surface area contributed by atoms with E-state index in [9.17, 15) is 0 Å². The first kappa shape index (κ1) is 8.94. The molecule has 0 aromatic heterocycles. The predicted octanol–water partition coefficient (Wildman–Crippen LogP) is 2.35. The highest BCUT2D eigenvalue weighted by Gasteiger charge is 1.96. The number of benzene rings is 1. The van der Waals surface area contributed by atoms with E-state index >= 15 is 0 Å². The first-order valence-corrected chi connectivity index (χ1v) is 4.02. The van der Waals surface area contributed by atoms with Crippen molar-refractivity contribution < 1.29 is 10.2 Å². The highest BCUT2D eigenvalue weighted by molar-refractivity contribution is 6.19. The number of allylic oxidation sites excluding steroid dienone is 1. The Morgan fingerprint density at radius 1 is 1.25 bits per heavy atom. The minimum Gasteiger partial charge on any atom is -0.504 e. The third-order valence-electron chi connectivity index (χ3n) is 1.40. The summed E-state index contributed by atoms with van der Waals surface area (Å²) in [6.07, 6.45) is 3.53. The summed E-state index contributed by atoms with van der Waals surface area (Å²) in [6, 6.07) is 4.60. The summed E-state index contributed by atoms with van der Waals surface area (Å²) < 4.78 is 0. The highest BCUT2D eigenvalue weighted by Crippen LogP contribution is 2.25. The number of halogens is 1. The largest absolute Gasteiger partial charge is 0.504 e. The zero-order valence-corrected chi connectivity index (χ0v) is 7.12. The lowest BCUT2D eigenvalue weighted by molar-refractivity contribution is 0.403. The number of phenolic OH excluding ortho intramolecular Hbond substituents is 2. The second-order valence-electron chi connectivity index (χ2n) is 2.30. The van der Waals surface area contributed by atoms with E-state index in [1.54, 1.807) is 18.2 Å². The van der Waals surface area contributed by atoms with Gasteiger partial charge in [0.15, 0.2) is 11.5 Å². The highest BCUT2D eigenvalue weighted by atomic mass is 35.5. The molecule has 2 nitrogen and oxygen atoms in total. The molecule has 0 aliphatic heterocycles. The molecule has 3 heteroatoms. The van der Waals surface area contributed by atoms with Crippen molar-refractivity contribution in [1.82, 2.24) is 0 Å². The molecule has 0 heterocycles. The molecule has 0 spiro atoms.